The van der Waals surface area contributed by atoms with Crippen molar-refractivity contribution in [2.24, 2.45) is 11.7 Å². The van der Waals surface area contributed by atoms with E-state index < -0.39 is 5.97 Å². The van der Waals surface area contributed by atoms with Crippen molar-refractivity contribution in [2.75, 3.05) is 5.32 Å². The number of aromatic nitrogens is 2. The molecule has 3 rings (SSSR count). The van der Waals surface area contributed by atoms with Gasteiger partial charge in [-0.25, -0.2) is 9.78 Å². The lowest BCUT2D eigenvalue weighted by atomic mass is 9.85. The normalized spacial score (nSPS) is 21.6. The number of nitrogens with two attached hydrogens (primary N) is 1. The number of carboxylic acids is 1. The summed E-state index contributed by atoms with van der Waals surface area (Å²) in [4.78, 5) is 29.9. The van der Waals surface area contributed by atoms with Crippen LogP contribution >= 0.6 is 0 Å². The van der Waals surface area contributed by atoms with E-state index >= 15 is 0 Å². The number of amides is 1. The predicted molar refractivity (Wildman–Crippen MR) is 81.6 cm³/mol. The number of hydrogen-bond donors (Lipinski definition) is 4. The lowest BCUT2D eigenvalue weighted by molar-refractivity contribution is -0.122. The number of aromatic carboxylic acids is 1. The van der Waals surface area contributed by atoms with Crippen LogP contribution in [0.15, 0.2) is 18.5 Å². The van der Waals surface area contributed by atoms with E-state index in [9.17, 15) is 14.7 Å². The molecule has 5 N–H and O–H groups in total. The SMILES string of the molecule is NC(=O)[C@@H]1CCC[C@@H](Nc2c(C(=O)O)cnc3[nH]ccc23)C1. The molecule has 2 aromatic heterocycles. The van der Waals surface area contributed by atoms with E-state index in [4.69, 9.17) is 5.73 Å². The molecule has 0 bridgehead atoms. The highest BCUT2D eigenvalue weighted by Crippen LogP contribution is 2.31. The number of carbonyl (C=O) groups is 2. The fourth-order valence-electron chi connectivity index (χ4n) is 3.11. The molecular formula is C15H18N4O3. The molecule has 1 aliphatic carbocycles. The van der Waals surface area contributed by atoms with Gasteiger partial charge in [-0.05, 0) is 25.3 Å². The second kappa shape index (κ2) is 5.67. The first-order valence-corrected chi connectivity index (χ1v) is 7.31. The van der Waals surface area contributed by atoms with Crippen molar-refractivity contribution in [3.8, 4) is 0 Å². The summed E-state index contributed by atoms with van der Waals surface area (Å²) < 4.78 is 0. The number of nitrogens with one attached hydrogen (secondary N) is 2. The highest BCUT2D eigenvalue weighted by Gasteiger charge is 2.27. The average Bonchev–Trinajstić information content (AvgIpc) is 2.96. The summed E-state index contributed by atoms with van der Waals surface area (Å²) in [5.41, 5.74) is 6.72. The maximum atomic E-state index is 11.4. The minimum absolute atomic E-state index is 0.0323. The summed E-state index contributed by atoms with van der Waals surface area (Å²) in [6.07, 6.45) is 6.28. The molecule has 0 saturated heterocycles. The monoisotopic (exact) mass is 302 g/mol. The topological polar surface area (TPSA) is 121 Å². The maximum Gasteiger partial charge on any atom is 0.339 e. The minimum Gasteiger partial charge on any atom is -0.478 e. The van der Waals surface area contributed by atoms with Crippen molar-refractivity contribution < 1.29 is 14.7 Å². The average molecular weight is 302 g/mol. The fraction of sp³-hybridized carbons (Fsp3) is 0.400. The van der Waals surface area contributed by atoms with Crippen LogP contribution in [0.3, 0.4) is 0 Å². The van der Waals surface area contributed by atoms with E-state index in [0.29, 0.717) is 17.8 Å². The second-order valence-corrected chi connectivity index (χ2v) is 5.70. The molecule has 7 heteroatoms. The molecule has 0 unspecified atom stereocenters. The summed E-state index contributed by atoms with van der Waals surface area (Å²) in [7, 11) is 0. The van der Waals surface area contributed by atoms with Gasteiger partial charge in [-0.15, -0.1) is 0 Å². The van der Waals surface area contributed by atoms with Gasteiger partial charge in [-0.3, -0.25) is 4.79 Å². The number of nitrogens with zero attached hydrogens (tertiary/aromatic N) is 1. The van der Waals surface area contributed by atoms with Crippen molar-refractivity contribution in [1.82, 2.24) is 9.97 Å². The van der Waals surface area contributed by atoms with Crippen LogP contribution in [-0.4, -0.2) is 33.0 Å². The Labute approximate surface area is 126 Å². The van der Waals surface area contributed by atoms with Crippen LogP contribution in [-0.2, 0) is 4.79 Å². The summed E-state index contributed by atoms with van der Waals surface area (Å²) in [5, 5.41) is 13.4. The molecular weight excluding hydrogens is 284 g/mol. The first-order valence-electron chi connectivity index (χ1n) is 7.31. The standard InChI is InChI=1S/C15H18N4O3/c16-13(20)8-2-1-3-9(6-8)19-12-10-4-5-17-14(10)18-7-11(12)15(21)22/h4-5,7-9H,1-3,6H2,(H2,16,20)(H,21,22)(H2,17,18,19)/t8-,9-/m1/s1. The molecule has 0 aliphatic heterocycles. The van der Waals surface area contributed by atoms with E-state index in [-0.39, 0.29) is 23.4 Å². The first kappa shape index (κ1) is 14.4. The largest absolute Gasteiger partial charge is 0.478 e. The number of carboxylic acid groups (broad SMARTS) is 1. The third kappa shape index (κ3) is 2.61. The van der Waals surface area contributed by atoms with E-state index in [2.05, 4.69) is 15.3 Å². The summed E-state index contributed by atoms with van der Waals surface area (Å²) in [5.74, 6) is -1.46. The van der Waals surface area contributed by atoms with Crippen LogP contribution in [0, 0.1) is 5.92 Å². The van der Waals surface area contributed by atoms with Crippen molar-refractivity contribution >= 4 is 28.6 Å². The highest BCUT2D eigenvalue weighted by molar-refractivity contribution is 6.03. The van der Waals surface area contributed by atoms with Crippen LogP contribution < -0.4 is 11.1 Å². The highest BCUT2D eigenvalue weighted by atomic mass is 16.4. The number of carbonyl (C=O) groups excluding carboxylic acids is 1. The van der Waals surface area contributed by atoms with Gasteiger partial charge < -0.3 is 21.1 Å². The molecule has 0 spiro atoms. The van der Waals surface area contributed by atoms with Crippen molar-refractivity contribution in [3.05, 3.63) is 24.0 Å². The zero-order valence-corrected chi connectivity index (χ0v) is 12.0. The van der Waals surface area contributed by atoms with Gasteiger partial charge in [0.25, 0.3) is 0 Å². The number of H-pyrrole nitrogens is 1. The Morgan fingerprint density at radius 3 is 2.95 bits per heavy atom. The maximum absolute atomic E-state index is 11.4. The molecule has 0 radical (unpaired) electrons. The van der Waals surface area contributed by atoms with Crippen LogP contribution in [0.1, 0.15) is 36.0 Å². The molecule has 7 nitrogen and oxygen atoms in total. The molecule has 2 heterocycles. The zero-order chi connectivity index (χ0) is 15.7. The Kier molecular flexibility index (Phi) is 3.70. The van der Waals surface area contributed by atoms with Gasteiger partial charge in [0.05, 0.1) is 5.69 Å². The summed E-state index contributed by atoms with van der Waals surface area (Å²) in [6, 6.07) is 1.83. The molecule has 1 fully saturated rings. The molecule has 1 saturated carbocycles. The quantitative estimate of drug-likeness (QED) is 0.685. The number of aromatic amines is 1. The number of pyridine rings is 1. The smallest absolute Gasteiger partial charge is 0.339 e. The van der Waals surface area contributed by atoms with Gasteiger partial charge in [-0.2, -0.15) is 0 Å². The summed E-state index contributed by atoms with van der Waals surface area (Å²) >= 11 is 0. The molecule has 116 valence electrons. The first-order chi connectivity index (χ1) is 10.6. The number of fused-ring (bicyclic) bond motifs is 1. The molecule has 0 aromatic carbocycles. The van der Waals surface area contributed by atoms with E-state index in [1.54, 1.807) is 12.3 Å². The third-order valence-corrected chi connectivity index (χ3v) is 4.24. The zero-order valence-electron chi connectivity index (χ0n) is 12.0. The van der Waals surface area contributed by atoms with Crippen molar-refractivity contribution in [3.63, 3.8) is 0 Å². The number of primary amides is 1. The van der Waals surface area contributed by atoms with Crippen molar-refractivity contribution in [2.45, 2.75) is 31.7 Å². The molecule has 1 aliphatic rings. The van der Waals surface area contributed by atoms with Gasteiger partial charge in [0.1, 0.15) is 11.2 Å². The minimum atomic E-state index is -1.03. The van der Waals surface area contributed by atoms with Crippen LogP contribution in [0.25, 0.3) is 11.0 Å². The van der Waals surface area contributed by atoms with Gasteiger partial charge >= 0.3 is 5.97 Å². The van der Waals surface area contributed by atoms with Crippen LogP contribution in [0.2, 0.25) is 0 Å². The van der Waals surface area contributed by atoms with E-state index in [1.165, 1.54) is 6.20 Å². The number of anilines is 1. The molecule has 2 atom stereocenters. The number of hydrogen-bond acceptors (Lipinski definition) is 4. The van der Waals surface area contributed by atoms with E-state index in [0.717, 1.165) is 24.6 Å². The van der Waals surface area contributed by atoms with Gasteiger partial charge in [0.2, 0.25) is 5.91 Å². The fourth-order valence-corrected chi connectivity index (χ4v) is 3.11. The van der Waals surface area contributed by atoms with E-state index in [1.807, 2.05) is 0 Å². The lowest BCUT2D eigenvalue weighted by Gasteiger charge is -2.29. The Morgan fingerprint density at radius 2 is 2.23 bits per heavy atom. The lowest BCUT2D eigenvalue weighted by Crippen LogP contribution is -2.34. The summed E-state index contributed by atoms with van der Waals surface area (Å²) in [6.45, 7) is 0. The van der Waals surface area contributed by atoms with Crippen molar-refractivity contribution in [1.29, 1.82) is 0 Å². The van der Waals surface area contributed by atoms with Crippen LogP contribution in [0.4, 0.5) is 5.69 Å². The Balaban J connectivity index is 1.92. The van der Waals surface area contributed by atoms with Crippen LogP contribution in [0.5, 0.6) is 0 Å². The predicted octanol–water partition coefficient (Wildman–Crippen LogP) is 1.72. The Morgan fingerprint density at radius 1 is 1.41 bits per heavy atom. The molecule has 22 heavy (non-hydrogen) atoms. The van der Waals surface area contributed by atoms with Gasteiger partial charge in [0.15, 0.2) is 0 Å². The Hall–Kier alpha value is -2.57. The molecule has 1 amide bonds. The third-order valence-electron chi connectivity index (χ3n) is 4.24. The second-order valence-electron chi connectivity index (χ2n) is 5.70. The number of rotatable bonds is 4. The van der Waals surface area contributed by atoms with Gasteiger partial charge in [-0.1, -0.05) is 6.42 Å². The molecule has 2 aromatic rings. The van der Waals surface area contributed by atoms with Gasteiger partial charge in [0, 0.05) is 29.7 Å². The Bertz CT molecular complexity index is 725.